The molecule has 1 fully saturated rings. The molecule has 1 aromatic carbocycles. The molecule has 1 saturated heterocycles. The van der Waals surface area contributed by atoms with Crippen LogP contribution in [0.1, 0.15) is 18.4 Å². The Kier molecular flexibility index (Phi) is 10.8. The lowest BCUT2D eigenvalue weighted by Gasteiger charge is -2.36. The quantitative estimate of drug-likeness (QED) is 0.248. The first-order valence-corrected chi connectivity index (χ1v) is 10.2. The fraction of sp³-hybridized carbons (Fsp3) is 0.455. The third kappa shape index (κ3) is 8.18. The predicted octanol–water partition coefficient (Wildman–Crippen LogP) is 3.28. The molecule has 2 heterocycles. The lowest BCUT2D eigenvalue weighted by atomic mass is 10.2. The number of nitrogens with one attached hydrogen (secondary N) is 2. The molecule has 1 aliphatic heterocycles. The van der Waals surface area contributed by atoms with Crippen LogP contribution < -0.4 is 10.6 Å². The van der Waals surface area contributed by atoms with Gasteiger partial charge >= 0.3 is 0 Å². The van der Waals surface area contributed by atoms with Crippen LogP contribution in [0.15, 0.2) is 59.7 Å². The molecule has 0 aliphatic carbocycles. The lowest BCUT2D eigenvalue weighted by molar-refractivity contribution is 0.172. The van der Waals surface area contributed by atoms with Crippen molar-refractivity contribution in [3.63, 3.8) is 0 Å². The molecule has 2 N–H and O–H groups in total. The third-order valence-corrected chi connectivity index (χ3v) is 4.99. The van der Waals surface area contributed by atoms with Gasteiger partial charge in [-0.2, -0.15) is 0 Å². The molecule has 2 aromatic rings. The maximum atomic E-state index is 4.47. The normalized spacial score (nSPS) is 14.9. The first kappa shape index (κ1) is 23.4. The van der Waals surface area contributed by atoms with Crippen LogP contribution in [-0.4, -0.2) is 67.1 Å². The molecule has 158 valence electrons. The van der Waals surface area contributed by atoms with Gasteiger partial charge in [0.05, 0.1) is 0 Å². The zero-order valence-electron chi connectivity index (χ0n) is 17.3. The summed E-state index contributed by atoms with van der Waals surface area (Å²) in [6.07, 6.45) is 4.02. The summed E-state index contributed by atoms with van der Waals surface area (Å²) in [5.41, 5.74) is 1.39. The average molecular weight is 508 g/mol. The van der Waals surface area contributed by atoms with Gasteiger partial charge in [0.15, 0.2) is 5.96 Å². The highest BCUT2D eigenvalue weighted by molar-refractivity contribution is 14.0. The van der Waals surface area contributed by atoms with Crippen molar-refractivity contribution in [2.45, 2.75) is 19.4 Å². The van der Waals surface area contributed by atoms with Gasteiger partial charge in [-0.25, -0.2) is 4.98 Å². The number of hydrogen-bond donors (Lipinski definition) is 2. The fourth-order valence-electron chi connectivity index (χ4n) is 3.43. The number of rotatable bonds is 8. The van der Waals surface area contributed by atoms with Crippen molar-refractivity contribution in [1.29, 1.82) is 0 Å². The molecule has 0 radical (unpaired) electrons. The summed E-state index contributed by atoms with van der Waals surface area (Å²) in [7, 11) is 1.88. The topological polar surface area (TPSA) is 55.8 Å². The monoisotopic (exact) mass is 508 g/mol. The van der Waals surface area contributed by atoms with Crippen molar-refractivity contribution < 1.29 is 0 Å². The van der Waals surface area contributed by atoms with Gasteiger partial charge in [0.25, 0.3) is 0 Å². The Morgan fingerprint density at radius 2 is 1.69 bits per heavy atom. The number of aromatic nitrogens is 1. The number of guanidine groups is 1. The van der Waals surface area contributed by atoms with Crippen LogP contribution in [0.2, 0.25) is 0 Å². The molecule has 1 aromatic heterocycles. The Morgan fingerprint density at radius 1 is 0.966 bits per heavy atom. The predicted molar refractivity (Wildman–Crippen MR) is 132 cm³/mol. The molecule has 0 unspecified atom stereocenters. The summed E-state index contributed by atoms with van der Waals surface area (Å²) in [5, 5.41) is 6.87. The van der Waals surface area contributed by atoms with Gasteiger partial charge in [-0.05, 0) is 30.5 Å². The summed E-state index contributed by atoms with van der Waals surface area (Å²) in [6.45, 7) is 7.11. The average Bonchev–Trinajstić information content (AvgIpc) is 2.75. The van der Waals surface area contributed by atoms with E-state index in [0.717, 1.165) is 70.4 Å². The van der Waals surface area contributed by atoms with E-state index in [4.69, 9.17) is 0 Å². The van der Waals surface area contributed by atoms with Crippen molar-refractivity contribution in [1.82, 2.24) is 20.1 Å². The Balaban J connectivity index is 0.00000300. The van der Waals surface area contributed by atoms with Crippen LogP contribution in [0.3, 0.4) is 0 Å². The maximum Gasteiger partial charge on any atom is 0.193 e. The molecule has 7 heteroatoms. The van der Waals surface area contributed by atoms with Crippen LogP contribution in [0, 0.1) is 0 Å². The number of pyridine rings is 1. The van der Waals surface area contributed by atoms with E-state index in [2.05, 4.69) is 60.7 Å². The highest BCUT2D eigenvalue weighted by Gasteiger charge is 2.19. The number of benzene rings is 1. The lowest BCUT2D eigenvalue weighted by Crippen LogP contribution is -2.52. The molecule has 1 aliphatic rings. The molecular weight excluding hydrogens is 475 g/mol. The largest absolute Gasteiger partial charge is 0.370 e. The first-order chi connectivity index (χ1) is 13.8. The zero-order valence-corrected chi connectivity index (χ0v) is 19.6. The van der Waals surface area contributed by atoms with Crippen LogP contribution in [0.5, 0.6) is 0 Å². The number of aliphatic imine (C=N–C) groups is 1. The molecule has 6 nitrogen and oxygen atoms in total. The highest BCUT2D eigenvalue weighted by atomic mass is 127. The Morgan fingerprint density at radius 3 is 2.38 bits per heavy atom. The van der Waals surface area contributed by atoms with Gasteiger partial charge in [0.2, 0.25) is 0 Å². The van der Waals surface area contributed by atoms with Gasteiger partial charge in [-0.1, -0.05) is 36.4 Å². The number of anilines is 1. The van der Waals surface area contributed by atoms with Gasteiger partial charge in [-0.3, -0.25) is 9.89 Å². The van der Waals surface area contributed by atoms with E-state index in [1.54, 1.807) is 0 Å². The Bertz CT molecular complexity index is 702. The summed E-state index contributed by atoms with van der Waals surface area (Å²) in [5.74, 6) is 1.97. The van der Waals surface area contributed by atoms with E-state index >= 15 is 0 Å². The van der Waals surface area contributed by atoms with E-state index in [0.29, 0.717) is 0 Å². The van der Waals surface area contributed by atoms with E-state index in [1.807, 2.05) is 31.4 Å². The number of halogens is 1. The van der Waals surface area contributed by atoms with Gasteiger partial charge < -0.3 is 15.5 Å². The van der Waals surface area contributed by atoms with Gasteiger partial charge in [0, 0.05) is 59.1 Å². The van der Waals surface area contributed by atoms with Crippen molar-refractivity contribution in [3.8, 4) is 0 Å². The minimum absolute atomic E-state index is 0. The number of nitrogens with zero attached hydrogens (tertiary/aromatic N) is 4. The minimum Gasteiger partial charge on any atom is -0.370 e. The molecule has 3 rings (SSSR count). The molecule has 0 amide bonds. The van der Waals surface area contributed by atoms with Crippen molar-refractivity contribution in [2.24, 2.45) is 4.99 Å². The summed E-state index contributed by atoms with van der Waals surface area (Å²) in [4.78, 5) is 13.6. The Hall–Kier alpha value is -1.87. The Labute approximate surface area is 191 Å². The minimum atomic E-state index is 0. The standard InChI is InChI=1S/C22H32N6.HI/c1-23-22(26-14-8-7-13-25-21-11-5-6-12-24-21)28-17-15-27(16-18-28)19-20-9-3-2-4-10-20;/h2-6,9-12H,7-8,13-19H2,1H3,(H,23,26)(H,24,25);1H. The molecule has 0 saturated carbocycles. The molecule has 0 bridgehead atoms. The number of piperazine rings is 1. The van der Waals surface area contributed by atoms with E-state index < -0.39 is 0 Å². The maximum absolute atomic E-state index is 4.47. The third-order valence-electron chi connectivity index (χ3n) is 4.99. The highest BCUT2D eigenvalue weighted by Crippen LogP contribution is 2.08. The van der Waals surface area contributed by atoms with Crippen molar-refractivity contribution in [3.05, 3.63) is 60.3 Å². The van der Waals surface area contributed by atoms with Crippen LogP contribution in [0.4, 0.5) is 5.82 Å². The van der Waals surface area contributed by atoms with E-state index in [-0.39, 0.29) is 24.0 Å². The summed E-state index contributed by atoms with van der Waals surface area (Å²) < 4.78 is 0. The van der Waals surface area contributed by atoms with Crippen LogP contribution >= 0.6 is 24.0 Å². The summed E-state index contributed by atoms with van der Waals surface area (Å²) in [6, 6.07) is 16.6. The van der Waals surface area contributed by atoms with Crippen molar-refractivity contribution in [2.75, 3.05) is 51.6 Å². The van der Waals surface area contributed by atoms with Crippen molar-refractivity contribution >= 4 is 35.8 Å². The second kappa shape index (κ2) is 13.4. The molecule has 0 spiro atoms. The van der Waals surface area contributed by atoms with Gasteiger partial charge in [0.1, 0.15) is 5.82 Å². The second-order valence-corrected chi connectivity index (χ2v) is 7.07. The SMILES string of the molecule is CN=C(NCCCCNc1ccccn1)N1CCN(Cc2ccccc2)CC1.I. The van der Waals surface area contributed by atoms with Gasteiger partial charge in [-0.15, -0.1) is 24.0 Å². The number of unbranched alkanes of at least 4 members (excludes halogenated alkanes) is 1. The van der Waals surface area contributed by atoms with E-state index in [1.165, 1.54) is 5.56 Å². The second-order valence-electron chi connectivity index (χ2n) is 7.07. The molecular formula is C22H33IN6. The first-order valence-electron chi connectivity index (χ1n) is 10.2. The molecule has 0 atom stereocenters. The smallest absolute Gasteiger partial charge is 0.193 e. The van der Waals surface area contributed by atoms with Crippen LogP contribution in [0.25, 0.3) is 0 Å². The molecule has 29 heavy (non-hydrogen) atoms. The van der Waals surface area contributed by atoms with E-state index in [9.17, 15) is 0 Å². The summed E-state index contributed by atoms with van der Waals surface area (Å²) >= 11 is 0. The number of hydrogen-bond acceptors (Lipinski definition) is 4. The fourth-order valence-corrected chi connectivity index (χ4v) is 3.43. The zero-order chi connectivity index (χ0) is 19.4. The van der Waals surface area contributed by atoms with Crippen LogP contribution in [-0.2, 0) is 6.54 Å².